The highest BCUT2D eigenvalue weighted by Crippen LogP contribution is 2.35. The van der Waals surface area contributed by atoms with Gasteiger partial charge in [-0.05, 0) is 18.2 Å². The van der Waals surface area contributed by atoms with Crippen molar-refractivity contribution in [2.45, 2.75) is 0 Å². The summed E-state index contributed by atoms with van der Waals surface area (Å²) in [7, 11) is 5.08. The molecule has 0 amide bonds. The van der Waals surface area contributed by atoms with Crippen LogP contribution < -0.4 is 9.64 Å². The Balaban J connectivity index is 2.59. The SMILES string of the molecule is COC(=O)C1=C(C(=O)OC)N(c2ccc(C(=O)OC)cc2OC)COC1. The first-order valence-electron chi connectivity index (χ1n) is 7.49. The zero-order valence-electron chi connectivity index (χ0n) is 14.9. The lowest BCUT2D eigenvalue weighted by molar-refractivity contribution is -0.140. The van der Waals surface area contributed by atoms with Gasteiger partial charge in [0.2, 0.25) is 0 Å². The molecule has 1 aliphatic heterocycles. The van der Waals surface area contributed by atoms with Crippen molar-refractivity contribution in [1.29, 1.82) is 0 Å². The Morgan fingerprint density at radius 3 is 2.19 bits per heavy atom. The Morgan fingerprint density at radius 1 is 0.962 bits per heavy atom. The molecule has 9 nitrogen and oxygen atoms in total. The van der Waals surface area contributed by atoms with E-state index in [1.54, 1.807) is 6.07 Å². The molecule has 1 aliphatic rings. The van der Waals surface area contributed by atoms with E-state index < -0.39 is 17.9 Å². The van der Waals surface area contributed by atoms with Crippen LogP contribution in [-0.4, -0.2) is 59.7 Å². The molecule has 2 rings (SSSR count). The molecule has 0 radical (unpaired) electrons. The Bertz CT molecular complexity index is 755. The molecule has 0 saturated carbocycles. The molecule has 26 heavy (non-hydrogen) atoms. The number of carbonyl (C=O) groups excluding carboxylic acids is 3. The highest BCUT2D eigenvalue weighted by molar-refractivity contribution is 6.04. The molecule has 0 aromatic heterocycles. The van der Waals surface area contributed by atoms with E-state index in [9.17, 15) is 14.4 Å². The number of methoxy groups -OCH3 is 4. The lowest BCUT2D eigenvalue weighted by Crippen LogP contribution is -2.39. The van der Waals surface area contributed by atoms with Gasteiger partial charge in [-0.3, -0.25) is 0 Å². The molecule has 0 aliphatic carbocycles. The summed E-state index contributed by atoms with van der Waals surface area (Å²) >= 11 is 0. The number of carbonyl (C=O) groups is 3. The van der Waals surface area contributed by atoms with Gasteiger partial charge < -0.3 is 28.6 Å². The van der Waals surface area contributed by atoms with Crippen LogP contribution in [0.15, 0.2) is 29.5 Å². The van der Waals surface area contributed by atoms with E-state index >= 15 is 0 Å². The molecule has 0 bridgehead atoms. The predicted octanol–water partition coefficient (Wildman–Crippen LogP) is 0.876. The van der Waals surface area contributed by atoms with Crippen molar-refractivity contribution in [1.82, 2.24) is 0 Å². The molecular formula is C17H19NO8. The Hall–Kier alpha value is -3.07. The van der Waals surface area contributed by atoms with Gasteiger partial charge in [0, 0.05) is 0 Å². The molecule has 9 heteroatoms. The normalized spacial score (nSPS) is 13.9. The molecule has 0 saturated heterocycles. The predicted molar refractivity (Wildman–Crippen MR) is 88.7 cm³/mol. The second-order valence-electron chi connectivity index (χ2n) is 5.09. The van der Waals surface area contributed by atoms with Crippen LogP contribution in [0.1, 0.15) is 10.4 Å². The maximum Gasteiger partial charge on any atom is 0.355 e. The molecule has 0 N–H and O–H groups in total. The third-order valence-corrected chi connectivity index (χ3v) is 3.72. The van der Waals surface area contributed by atoms with Gasteiger partial charge >= 0.3 is 17.9 Å². The molecule has 1 aromatic rings. The van der Waals surface area contributed by atoms with Crippen LogP contribution in [0.5, 0.6) is 5.75 Å². The minimum Gasteiger partial charge on any atom is -0.495 e. The minimum absolute atomic E-state index is 0.0182. The number of benzene rings is 1. The second kappa shape index (κ2) is 8.34. The summed E-state index contributed by atoms with van der Waals surface area (Å²) in [5.74, 6) is -1.69. The van der Waals surface area contributed by atoms with Crippen LogP contribution in [0, 0.1) is 0 Å². The van der Waals surface area contributed by atoms with Crippen molar-refractivity contribution in [3.8, 4) is 5.75 Å². The fourth-order valence-electron chi connectivity index (χ4n) is 2.48. The fraction of sp³-hybridized carbons (Fsp3) is 0.353. The standard InChI is InChI=1S/C17H19NO8/c1-22-13-7-10(15(19)23-2)5-6-12(13)18-9-26-8-11(16(20)24-3)14(18)17(21)25-4/h5-7H,8-9H2,1-4H3. The number of hydrogen-bond donors (Lipinski definition) is 0. The van der Waals surface area contributed by atoms with Crippen molar-refractivity contribution in [2.24, 2.45) is 0 Å². The maximum absolute atomic E-state index is 12.3. The summed E-state index contributed by atoms with van der Waals surface area (Å²) in [6, 6.07) is 4.52. The molecule has 0 fully saturated rings. The summed E-state index contributed by atoms with van der Waals surface area (Å²) in [5, 5.41) is 0. The lowest BCUT2D eigenvalue weighted by Gasteiger charge is -2.32. The smallest absolute Gasteiger partial charge is 0.355 e. The van der Waals surface area contributed by atoms with E-state index in [0.29, 0.717) is 5.69 Å². The average Bonchev–Trinajstić information content (AvgIpc) is 2.70. The van der Waals surface area contributed by atoms with E-state index in [4.69, 9.17) is 18.9 Å². The molecule has 0 atom stereocenters. The number of ether oxygens (including phenoxy) is 5. The first-order chi connectivity index (χ1) is 12.5. The van der Waals surface area contributed by atoms with E-state index in [-0.39, 0.29) is 35.9 Å². The van der Waals surface area contributed by atoms with Gasteiger partial charge in [0.15, 0.2) is 0 Å². The number of nitrogens with zero attached hydrogens (tertiary/aromatic N) is 1. The number of anilines is 1. The zero-order valence-corrected chi connectivity index (χ0v) is 14.9. The summed E-state index contributed by atoms with van der Waals surface area (Å²) in [5.41, 5.74) is 0.670. The monoisotopic (exact) mass is 365 g/mol. The fourth-order valence-corrected chi connectivity index (χ4v) is 2.48. The first kappa shape index (κ1) is 19.3. The third kappa shape index (κ3) is 3.62. The number of hydrogen-bond acceptors (Lipinski definition) is 9. The van der Waals surface area contributed by atoms with E-state index in [2.05, 4.69) is 4.74 Å². The van der Waals surface area contributed by atoms with Gasteiger partial charge in [-0.25, -0.2) is 14.4 Å². The van der Waals surface area contributed by atoms with Crippen LogP contribution in [0.3, 0.4) is 0 Å². The van der Waals surface area contributed by atoms with Crippen LogP contribution >= 0.6 is 0 Å². The number of esters is 3. The summed E-state index contributed by atoms with van der Waals surface area (Å²) in [6.07, 6.45) is 0. The van der Waals surface area contributed by atoms with Crippen LogP contribution in [-0.2, 0) is 28.5 Å². The first-order valence-corrected chi connectivity index (χ1v) is 7.49. The van der Waals surface area contributed by atoms with Gasteiger partial charge in [0.05, 0.1) is 51.9 Å². The highest BCUT2D eigenvalue weighted by Gasteiger charge is 2.33. The van der Waals surface area contributed by atoms with Crippen molar-refractivity contribution < 1.29 is 38.1 Å². The van der Waals surface area contributed by atoms with Crippen molar-refractivity contribution >= 4 is 23.6 Å². The number of rotatable bonds is 5. The molecular weight excluding hydrogens is 346 g/mol. The lowest BCUT2D eigenvalue weighted by atomic mass is 10.1. The van der Waals surface area contributed by atoms with Gasteiger partial charge in [-0.2, -0.15) is 0 Å². The maximum atomic E-state index is 12.3. The Morgan fingerprint density at radius 2 is 1.62 bits per heavy atom. The van der Waals surface area contributed by atoms with E-state index in [1.165, 1.54) is 45.5 Å². The zero-order chi connectivity index (χ0) is 19.3. The van der Waals surface area contributed by atoms with Gasteiger partial charge in [0.1, 0.15) is 18.2 Å². The van der Waals surface area contributed by atoms with E-state index in [0.717, 1.165) is 0 Å². The minimum atomic E-state index is -0.729. The summed E-state index contributed by atoms with van der Waals surface area (Å²) in [4.78, 5) is 37.5. The average molecular weight is 365 g/mol. The Labute approximate surface area is 150 Å². The van der Waals surface area contributed by atoms with Crippen LogP contribution in [0.25, 0.3) is 0 Å². The molecule has 0 spiro atoms. The van der Waals surface area contributed by atoms with E-state index in [1.807, 2.05) is 0 Å². The van der Waals surface area contributed by atoms with Gasteiger partial charge in [-0.1, -0.05) is 0 Å². The summed E-state index contributed by atoms with van der Waals surface area (Å²) < 4.78 is 24.9. The topological polar surface area (TPSA) is 101 Å². The molecule has 0 unspecified atom stereocenters. The van der Waals surface area contributed by atoms with Crippen molar-refractivity contribution in [3.05, 3.63) is 35.0 Å². The molecule has 140 valence electrons. The largest absolute Gasteiger partial charge is 0.495 e. The van der Waals surface area contributed by atoms with Crippen molar-refractivity contribution in [2.75, 3.05) is 46.7 Å². The third-order valence-electron chi connectivity index (χ3n) is 3.72. The quantitative estimate of drug-likeness (QED) is 0.556. The molecule has 1 aromatic carbocycles. The van der Waals surface area contributed by atoms with Crippen LogP contribution in [0.4, 0.5) is 5.69 Å². The Kier molecular flexibility index (Phi) is 6.18. The van der Waals surface area contributed by atoms with Crippen molar-refractivity contribution in [3.63, 3.8) is 0 Å². The second-order valence-corrected chi connectivity index (χ2v) is 5.09. The van der Waals surface area contributed by atoms with Crippen LogP contribution in [0.2, 0.25) is 0 Å². The highest BCUT2D eigenvalue weighted by atomic mass is 16.5. The van der Waals surface area contributed by atoms with Gasteiger partial charge in [0.25, 0.3) is 0 Å². The van der Waals surface area contributed by atoms with Gasteiger partial charge in [-0.15, -0.1) is 0 Å². The molecule has 1 heterocycles. The summed E-state index contributed by atoms with van der Waals surface area (Å²) in [6.45, 7) is -0.130.